The third-order valence-electron chi connectivity index (χ3n) is 1.79. The fraction of sp³-hybridized carbons (Fsp3) is 1.00. The minimum atomic E-state index is -1.93. The lowest BCUT2D eigenvalue weighted by Gasteiger charge is -2.19. The van der Waals surface area contributed by atoms with Gasteiger partial charge in [-0.2, -0.15) is 0 Å². The molecule has 0 bridgehead atoms. The first-order valence-electron chi connectivity index (χ1n) is 4.04. The zero-order valence-electron chi connectivity index (χ0n) is 8.02. The lowest BCUT2D eigenvalue weighted by molar-refractivity contribution is -0.138. The first-order chi connectivity index (χ1) is 5.91. The summed E-state index contributed by atoms with van der Waals surface area (Å²) in [6.45, 7) is 4.51. The Bertz CT molecular complexity index is 209. The van der Waals surface area contributed by atoms with Crippen LogP contribution in [0.3, 0.4) is 0 Å². The summed E-state index contributed by atoms with van der Waals surface area (Å²) in [6, 6.07) is 0. The van der Waals surface area contributed by atoms with E-state index in [4.69, 9.17) is 14.0 Å². The number of nitrogens with zero attached hydrogens (tertiary/aromatic N) is 1. The van der Waals surface area contributed by atoms with Gasteiger partial charge >= 0.3 is 0 Å². The molecule has 0 aliphatic carbocycles. The molecule has 1 N–H and O–H groups in total. The van der Waals surface area contributed by atoms with Crippen molar-refractivity contribution >= 4 is 11.3 Å². The number of hydrogen-bond acceptors (Lipinski definition) is 3. The zero-order chi connectivity index (χ0) is 10.1. The van der Waals surface area contributed by atoms with Gasteiger partial charge in [0.15, 0.2) is 5.79 Å². The van der Waals surface area contributed by atoms with Crippen molar-refractivity contribution in [2.75, 3.05) is 20.2 Å². The second-order valence-electron chi connectivity index (χ2n) is 3.49. The van der Waals surface area contributed by atoms with Crippen LogP contribution in [0.5, 0.6) is 0 Å². The maximum atomic E-state index is 10.6. The number of ether oxygens (including phenoxy) is 2. The van der Waals surface area contributed by atoms with Gasteiger partial charge in [0.2, 0.25) is 11.3 Å². The van der Waals surface area contributed by atoms with Gasteiger partial charge in [-0.25, -0.2) is 8.51 Å². The summed E-state index contributed by atoms with van der Waals surface area (Å²) in [5.41, 5.74) is 0. The molecule has 5 nitrogen and oxygen atoms in total. The fourth-order valence-corrected chi connectivity index (χ4v) is 1.50. The van der Waals surface area contributed by atoms with Crippen molar-refractivity contribution in [3.8, 4) is 0 Å². The molecule has 0 saturated carbocycles. The minimum Gasteiger partial charge on any atom is -0.348 e. The average molecular weight is 209 g/mol. The zero-order valence-corrected chi connectivity index (χ0v) is 8.84. The molecule has 2 atom stereocenters. The van der Waals surface area contributed by atoms with Crippen LogP contribution in [0.4, 0.5) is 0 Å². The number of likely N-dealkylation sites (N-methyl/N-ethyl adjacent to an activating group) is 1. The summed E-state index contributed by atoms with van der Waals surface area (Å²) in [5, 5.41) is 0. The van der Waals surface area contributed by atoms with Gasteiger partial charge in [-0.15, -0.1) is 0 Å². The molecule has 0 radical (unpaired) electrons. The molecule has 0 aromatic heterocycles. The van der Waals surface area contributed by atoms with E-state index in [1.165, 1.54) is 4.31 Å². The Labute approximate surface area is 80.4 Å². The minimum absolute atomic E-state index is 0.129. The monoisotopic (exact) mass is 209 g/mol. The fourth-order valence-electron chi connectivity index (χ4n) is 1.20. The second-order valence-corrected chi connectivity index (χ2v) is 4.58. The van der Waals surface area contributed by atoms with Crippen LogP contribution < -0.4 is 0 Å². The predicted molar refractivity (Wildman–Crippen MR) is 48.3 cm³/mol. The summed E-state index contributed by atoms with van der Waals surface area (Å²) < 4.78 is 31.4. The standard InChI is InChI=1S/C7H15NO4S/c1-7(2)11-5-6(12-7)4-8(3)13(9)10/h6H,4-5H2,1-3H3,(H,9,10). The van der Waals surface area contributed by atoms with Crippen molar-refractivity contribution < 1.29 is 18.2 Å². The molecule has 2 unspecified atom stereocenters. The number of rotatable bonds is 3. The molecule has 1 rings (SSSR count). The Kier molecular flexibility index (Phi) is 3.42. The molecule has 1 aliphatic rings. The highest BCUT2D eigenvalue weighted by molar-refractivity contribution is 7.76. The molecule has 0 aromatic rings. The van der Waals surface area contributed by atoms with E-state index in [0.29, 0.717) is 13.2 Å². The molecule has 0 amide bonds. The van der Waals surface area contributed by atoms with Crippen LogP contribution in [0.25, 0.3) is 0 Å². The smallest absolute Gasteiger partial charge is 0.234 e. The Hall–Kier alpha value is -0.0100. The highest BCUT2D eigenvalue weighted by Crippen LogP contribution is 2.22. The molecule has 0 spiro atoms. The molecule has 0 aromatic carbocycles. The van der Waals surface area contributed by atoms with Crippen molar-refractivity contribution in [3.63, 3.8) is 0 Å². The van der Waals surface area contributed by atoms with E-state index >= 15 is 0 Å². The van der Waals surface area contributed by atoms with Crippen LogP contribution >= 0.6 is 0 Å². The van der Waals surface area contributed by atoms with E-state index < -0.39 is 17.1 Å². The third-order valence-corrected chi connectivity index (χ3v) is 2.48. The van der Waals surface area contributed by atoms with Gasteiger partial charge in [0, 0.05) is 13.6 Å². The third kappa shape index (κ3) is 3.32. The van der Waals surface area contributed by atoms with Crippen LogP contribution in [0, 0.1) is 0 Å². The molecule has 1 saturated heterocycles. The van der Waals surface area contributed by atoms with Crippen molar-refractivity contribution in [2.45, 2.75) is 25.7 Å². The first kappa shape index (κ1) is 11.1. The van der Waals surface area contributed by atoms with Gasteiger partial charge in [0.25, 0.3) is 0 Å². The normalized spacial score (nSPS) is 29.5. The van der Waals surface area contributed by atoms with Crippen molar-refractivity contribution in [1.82, 2.24) is 4.31 Å². The van der Waals surface area contributed by atoms with Gasteiger partial charge in [0.1, 0.15) is 0 Å². The Balaban J connectivity index is 2.36. The van der Waals surface area contributed by atoms with E-state index in [1.807, 2.05) is 13.8 Å². The molecule has 1 fully saturated rings. The lowest BCUT2D eigenvalue weighted by atomic mass is 10.4. The quantitative estimate of drug-likeness (QED) is 0.675. The van der Waals surface area contributed by atoms with E-state index in [-0.39, 0.29) is 6.10 Å². The van der Waals surface area contributed by atoms with Crippen LogP contribution in [-0.2, 0) is 20.7 Å². The average Bonchev–Trinajstić information content (AvgIpc) is 2.30. The van der Waals surface area contributed by atoms with Crippen molar-refractivity contribution in [3.05, 3.63) is 0 Å². The molecular weight excluding hydrogens is 194 g/mol. The van der Waals surface area contributed by atoms with E-state index in [1.54, 1.807) is 7.05 Å². The SMILES string of the molecule is CN(CC1COC(C)(C)O1)S(=O)O. The largest absolute Gasteiger partial charge is 0.348 e. The van der Waals surface area contributed by atoms with E-state index in [2.05, 4.69) is 0 Å². The van der Waals surface area contributed by atoms with Crippen LogP contribution in [-0.4, -0.2) is 45.2 Å². The summed E-state index contributed by atoms with van der Waals surface area (Å²) in [5.74, 6) is -0.567. The highest BCUT2D eigenvalue weighted by Gasteiger charge is 2.33. The van der Waals surface area contributed by atoms with Crippen molar-refractivity contribution in [2.24, 2.45) is 0 Å². The van der Waals surface area contributed by atoms with Gasteiger partial charge < -0.3 is 9.47 Å². The Morgan fingerprint density at radius 1 is 1.69 bits per heavy atom. The lowest BCUT2D eigenvalue weighted by Crippen LogP contribution is -2.33. The van der Waals surface area contributed by atoms with Crippen LogP contribution in [0.1, 0.15) is 13.8 Å². The van der Waals surface area contributed by atoms with E-state index in [9.17, 15) is 4.21 Å². The maximum Gasteiger partial charge on any atom is 0.234 e. The molecule has 1 heterocycles. The molecule has 78 valence electrons. The Morgan fingerprint density at radius 2 is 2.31 bits per heavy atom. The molecule has 6 heteroatoms. The topological polar surface area (TPSA) is 59.0 Å². The van der Waals surface area contributed by atoms with Crippen LogP contribution in [0.15, 0.2) is 0 Å². The van der Waals surface area contributed by atoms with Gasteiger partial charge in [-0.1, -0.05) is 0 Å². The summed E-state index contributed by atoms with van der Waals surface area (Å²) in [4.78, 5) is 0. The maximum absolute atomic E-state index is 10.6. The summed E-state index contributed by atoms with van der Waals surface area (Å²) >= 11 is -1.93. The van der Waals surface area contributed by atoms with Gasteiger partial charge in [-0.05, 0) is 13.8 Å². The molecule has 13 heavy (non-hydrogen) atoms. The Morgan fingerprint density at radius 3 is 2.69 bits per heavy atom. The van der Waals surface area contributed by atoms with Crippen molar-refractivity contribution in [1.29, 1.82) is 0 Å². The van der Waals surface area contributed by atoms with Gasteiger partial charge in [0.05, 0.1) is 12.7 Å². The second kappa shape index (κ2) is 4.02. The van der Waals surface area contributed by atoms with E-state index in [0.717, 1.165) is 0 Å². The summed E-state index contributed by atoms with van der Waals surface area (Å²) in [7, 11) is 1.56. The van der Waals surface area contributed by atoms with Gasteiger partial charge in [-0.3, -0.25) is 4.55 Å². The highest BCUT2D eigenvalue weighted by atomic mass is 32.2. The molecular formula is C7H15NO4S. The molecule has 1 aliphatic heterocycles. The predicted octanol–water partition coefficient (Wildman–Crippen LogP) is 0.206. The van der Waals surface area contributed by atoms with Crippen LogP contribution in [0.2, 0.25) is 0 Å². The summed E-state index contributed by atoms with van der Waals surface area (Å²) in [6.07, 6.45) is -0.129. The first-order valence-corrected chi connectivity index (χ1v) is 5.11. The number of hydrogen-bond donors (Lipinski definition) is 1.